The number of amides is 1. The van der Waals surface area contributed by atoms with Crippen molar-refractivity contribution in [2.45, 2.75) is 32.9 Å². The number of rotatable bonds is 4. The van der Waals surface area contributed by atoms with Gasteiger partial charge in [0.05, 0.1) is 23.8 Å². The van der Waals surface area contributed by atoms with Crippen LogP contribution in [0.3, 0.4) is 0 Å². The van der Waals surface area contributed by atoms with Crippen molar-refractivity contribution in [1.29, 1.82) is 0 Å². The fourth-order valence-corrected chi connectivity index (χ4v) is 4.18. The minimum absolute atomic E-state index is 0.188. The Kier molecular flexibility index (Phi) is 5.35. The molecule has 3 heterocycles. The summed E-state index contributed by atoms with van der Waals surface area (Å²) in [4.78, 5) is 21.0. The van der Waals surface area contributed by atoms with Gasteiger partial charge in [-0.05, 0) is 32.4 Å². The largest absolute Gasteiger partial charge is 0.444 e. The van der Waals surface area contributed by atoms with Crippen LogP contribution >= 0.6 is 0 Å². The molecule has 0 bridgehead atoms. The second-order valence-corrected chi connectivity index (χ2v) is 9.08. The van der Waals surface area contributed by atoms with Crippen molar-refractivity contribution in [3.05, 3.63) is 54.4 Å². The Morgan fingerprint density at radius 3 is 2.45 bits per heavy atom. The number of hydrogen-bond donors (Lipinski definition) is 1. The summed E-state index contributed by atoms with van der Waals surface area (Å²) in [6.45, 7) is 9.97. The van der Waals surface area contributed by atoms with Gasteiger partial charge in [-0.2, -0.15) is 0 Å². The molecular weight excluding hydrogens is 364 g/mol. The summed E-state index contributed by atoms with van der Waals surface area (Å²) in [7, 11) is 0. The number of nitrogens with one attached hydrogen (secondary N) is 1. The molecule has 0 spiro atoms. The molecule has 2 aliphatic rings. The minimum Gasteiger partial charge on any atom is -0.444 e. The van der Waals surface area contributed by atoms with Gasteiger partial charge >= 0.3 is 6.09 Å². The van der Waals surface area contributed by atoms with Gasteiger partial charge in [-0.25, -0.2) is 4.79 Å². The molecule has 1 aromatic carbocycles. The predicted molar refractivity (Wildman–Crippen MR) is 115 cm³/mol. The molecule has 0 radical (unpaired) electrons. The zero-order valence-electron chi connectivity index (χ0n) is 17.5. The molecule has 2 fully saturated rings. The number of carbonyl (C=O) groups is 1. The molecule has 0 aliphatic carbocycles. The third kappa shape index (κ3) is 4.81. The van der Waals surface area contributed by atoms with Gasteiger partial charge in [-0.15, -0.1) is 0 Å². The number of pyridine rings is 1. The van der Waals surface area contributed by atoms with Crippen LogP contribution < -0.4 is 10.2 Å². The van der Waals surface area contributed by atoms with E-state index < -0.39 is 5.60 Å². The lowest BCUT2D eigenvalue weighted by Crippen LogP contribution is -2.37. The van der Waals surface area contributed by atoms with Gasteiger partial charge in [0.2, 0.25) is 0 Å². The van der Waals surface area contributed by atoms with E-state index in [0.717, 1.165) is 44.1 Å². The Balaban J connectivity index is 1.33. The van der Waals surface area contributed by atoms with Gasteiger partial charge in [-0.1, -0.05) is 30.3 Å². The van der Waals surface area contributed by atoms with E-state index >= 15 is 0 Å². The molecular formula is C23H30N4O2. The first-order valence-electron chi connectivity index (χ1n) is 10.3. The van der Waals surface area contributed by atoms with Crippen molar-refractivity contribution < 1.29 is 9.53 Å². The molecule has 6 heteroatoms. The Bertz CT molecular complexity index is 835. The van der Waals surface area contributed by atoms with Gasteiger partial charge in [0, 0.05) is 44.6 Å². The number of carbonyl (C=O) groups excluding carboxylic acids is 1. The third-order valence-electron chi connectivity index (χ3n) is 5.57. The van der Waals surface area contributed by atoms with Crippen LogP contribution in [0.15, 0.2) is 48.8 Å². The van der Waals surface area contributed by atoms with Crippen molar-refractivity contribution in [2.75, 3.05) is 36.4 Å². The van der Waals surface area contributed by atoms with Crippen molar-refractivity contribution in [1.82, 2.24) is 9.88 Å². The van der Waals surface area contributed by atoms with Crippen LogP contribution in [0.2, 0.25) is 0 Å². The second kappa shape index (κ2) is 7.93. The molecule has 2 aliphatic heterocycles. The molecule has 1 amide bonds. The molecule has 2 aromatic rings. The van der Waals surface area contributed by atoms with E-state index in [9.17, 15) is 4.79 Å². The van der Waals surface area contributed by atoms with Gasteiger partial charge in [0.25, 0.3) is 0 Å². The predicted octanol–water partition coefficient (Wildman–Crippen LogP) is 4.00. The van der Waals surface area contributed by atoms with Crippen LogP contribution in [0.25, 0.3) is 0 Å². The first-order valence-corrected chi connectivity index (χ1v) is 10.3. The Morgan fingerprint density at radius 2 is 1.79 bits per heavy atom. The van der Waals surface area contributed by atoms with Gasteiger partial charge in [0.15, 0.2) is 0 Å². The quantitative estimate of drug-likeness (QED) is 0.850. The first-order chi connectivity index (χ1) is 13.9. The Morgan fingerprint density at radius 1 is 1.10 bits per heavy atom. The topological polar surface area (TPSA) is 57.7 Å². The lowest BCUT2D eigenvalue weighted by atomic mass is 10.0. The lowest BCUT2D eigenvalue weighted by molar-refractivity contribution is 0.0282. The number of ether oxygens (including phenoxy) is 1. The third-order valence-corrected chi connectivity index (χ3v) is 5.57. The van der Waals surface area contributed by atoms with Crippen molar-refractivity contribution in [3.63, 3.8) is 0 Å². The monoisotopic (exact) mass is 394 g/mol. The normalized spacial score (nSPS) is 21.2. The highest BCUT2D eigenvalue weighted by Crippen LogP contribution is 2.35. The maximum absolute atomic E-state index is 12.3. The van der Waals surface area contributed by atoms with Gasteiger partial charge in [-0.3, -0.25) is 4.98 Å². The highest BCUT2D eigenvalue weighted by molar-refractivity contribution is 5.69. The number of benzene rings is 1. The summed E-state index contributed by atoms with van der Waals surface area (Å²) in [5.74, 6) is 0.979. The van der Waals surface area contributed by atoms with Crippen LogP contribution in [0, 0.1) is 11.8 Å². The SMILES string of the molecule is CC(C)(C)OC(=O)N1C[C@@H]2CN(c3cncc(NCc4ccccc4)c3)C[C@@H]2C1. The molecule has 2 atom stereocenters. The van der Waals surface area contributed by atoms with E-state index in [4.69, 9.17) is 4.74 Å². The van der Waals surface area contributed by atoms with Gasteiger partial charge in [0.1, 0.15) is 5.60 Å². The Labute approximate surface area is 172 Å². The fourth-order valence-electron chi connectivity index (χ4n) is 4.18. The van der Waals surface area contributed by atoms with Crippen molar-refractivity contribution >= 4 is 17.5 Å². The Hall–Kier alpha value is -2.76. The second-order valence-electron chi connectivity index (χ2n) is 9.08. The highest BCUT2D eigenvalue weighted by atomic mass is 16.6. The van der Waals surface area contributed by atoms with Gasteiger partial charge < -0.3 is 19.9 Å². The smallest absolute Gasteiger partial charge is 0.410 e. The number of nitrogens with zero attached hydrogens (tertiary/aromatic N) is 3. The molecule has 1 N–H and O–H groups in total. The standard InChI is InChI=1S/C23H30N4O2/c1-23(2,3)29-22(28)27-15-18-13-26(14-19(18)16-27)21-9-20(11-24-12-21)25-10-17-7-5-4-6-8-17/h4-9,11-12,18-19,25H,10,13-16H2,1-3H3/t18-,19+. The highest BCUT2D eigenvalue weighted by Gasteiger charge is 2.42. The maximum atomic E-state index is 12.3. The molecule has 29 heavy (non-hydrogen) atoms. The van der Waals surface area contributed by atoms with E-state index in [1.807, 2.05) is 44.1 Å². The average molecular weight is 395 g/mol. The van der Waals surface area contributed by atoms with E-state index in [1.165, 1.54) is 5.56 Å². The number of hydrogen-bond acceptors (Lipinski definition) is 5. The van der Waals surface area contributed by atoms with Crippen LogP contribution in [0.5, 0.6) is 0 Å². The summed E-state index contributed by atoms with van der Waals surface area (Å²) in [6.07, 6.45) is 3.61. The van der Waals surface area contributed by atoms with Crippen molar-refractivity contribution in [2.24, 2.45) is 11.8 Å². The zero-order valence-corrected chi connectivity index (χ0v) is 17.5. The number of anilines is 2. The first kappa shape index (κ1) is 19.6. The molecule has 154 valence electrons. The summed E-state index contributed by atoms with van der Waals surface area (Å²) < 4.78 is 5.53. The molecule has 1 aromatic heterocycles. The van der Waals surface area contributed by atoms with E-state index in [-0.39, 0.29) is 6.09 Å². The molecule has 6 nitrogen and oxygen atoms in total. The van der Waals surface area contributed by atoms with E-state index in [2.05, 4.69) is 45.5 Å². The van der Waals surface area contributed by atoms with E-state index in [0.29, 0.717) is 11.8 Å². The summed E-state index contributed by atoms with van der Waals surface area (Å²) in [5, 5.41) is 3.46. The van der Waals surface area contributed by atoms with Crippen LogP contribution in [-0.2, 0) is 11.3 Å². The zero-order chi connectivity index (χ0) is 20.4. The minimum atomic E-state index is -0.445. The van der Waals surface area contributed by atoms with Crippen LogP contribution in [-0.4, -0.2) is 47.8 Å². The van der Waals surface area contributed by atoms with Crippen molar-refractivity contribution in [3.8, 4) is 0 Å². The summed E-state index contributed by atoms with van der Waals surface area (Å²) in [6, 6.07) is 12.5. The average Bonchev–Trinajstić information content (AvgIpc) is 3.25. The summed E-state index contributed by atoms with van der Waals surface area (Å²) >= 11 is 0. The number of fused-ring (bicyclic) bond motifs is 1. The molecule has 2 saturated heterocycles. The van der Waals surface area contributed by atoms with Crippen LogP contribution in [0.1, 0.15) is 26.3 Å². The fraction of sp³-hybridized carbons (Fsp3) is 0.478. The lowest BCUT2D eigenvalue weighted by Gasteiger charge is -2.26. The molecule has 0 unspecified atom stereocenters. The van der Waals surface area contributed by atoms with E-state index in [1.54, 1.807) is 0 Å². The number of likely N-dealkylation sites (tertiary alicyclic amines) is 1. The molecule has 0 saturated carbocycles. The van der Waals surface area contributed by atoms with Crippen LogP contribution in [0.4, 0.5) is 16.2 Å². The number of aromatic nitrogens is 1. The maximum Gasteiger partial charge on any atom is 0.410 e. The molecule has 4 rings (SSSR count). The summed E-state index contributed by atoms with van der Waals surface area (Å²) in [5.41, 5.74) is 2.97.